The molecule has 0 amide bonds. The average Bonchev–Trinajstić information content (AvgIpc) is 2.29. The van der Waals surface area contributed by atoms with Crippen LogP contribution in [0.5, 0.6) is 0 Å². The van der Waals surface area contributed by atoms with Gasteiger partial charge in [0.1, 0.15) is 0 Å². The van der Waals surface area contributed by atoms with Gasteiger partial charge in [0.25, 0.3) is 0 Å². The lowest BCUT2D eigenvalue weighted by Crippen LogP contribution is -2.33. The fourth-order valence-corrected chi connectivity index (χ4v) is 2.05. The van der Waals surface area contributed by atoms with Gasteiger partial charge in [0, 0.05) is 0 Å². The van der Waals surface area contributed by atoms with Gasteiger partial charge in [-0.1, -0.05) is 43.2 Å². The molecule has 2 heteroatoms. The normalized spacial score (nSPS) is 26.5. The number of benzene rings is 1. The van der Waals surface area contributed by atoms with Gasteiger partial charge in [-0.25, -0.2) is 0 Å². The lowest BCUT2D eigenvalue weighted by molar-refractivity contribution is 0.00227. The van der Waals surface area contributed by atoms with E-state index in [9.17, 15) is 5.73 Å². The summed E-state index contributed by atoms with van der Waals surface area (Å²) in [6.45, 7) is 0.614. The van der Waals surface area contributed by atoms with Crippen LogP contribution in [0.2, 0.25) is 0 Å². The average molecular weight is 203 g/mol. The lowest BCUT2D eigenvalue weighted by atomic mass is 9.93. The Balaban J connectivity index is 1.82. The third kappa shape index (κ3) is 3.05. The molecule has 0 aliphatic heterocycles. The zero-order chi connectivity index (χ0) is 10.5. The van der Waals surface area contributed by atoms with E-state index in [2.05, 4.69) is 12.1 Å². The molecule has 0 heterocycles. The van der Waals surface area contributed by atoms with Crippen LogP contribution in [0.1, 0.15) is 31.2 Å². The molecule has 1 aliphatic rings. The molecular formula is C13H17NO. The van der Waals surface area contributed by atoms with E-state index < -0.39 is 0 Å². The van der Waals surface area contributed by atoms with Crippen molar-refractivity contribution < 1.29 is 4.74 Å². The summed E-state index contributed by atoms with van der Waals surface area (Å²) in [5, 5.41) is 0. The first-order valence-electron chi connectivity index (χ1n) is 5.70. The number of ether oxygens (including phenoxy) is 1. The Bertz CT molecular complexity index is 286. The summed E-state index contributed by atoms with van der Waals surface area (Å²) in [6, 6.07) is 9.86. The van der Waals surface area contributed by atoms with Crippen LogP contribution < -0.4 is 5.73 Å². The van der Waals surface area contributed by atoms with Crippen LogP contribution in [0.3, 0.4) is 0 Å². The predicted molar refractivity (Wildman–Crippen MR) is 59.4 cm³/mol. The minimum Gasteiger partial charge on any atom is -0.372 e. The molecule has 15 heavy (non-hydrogen) atoms. The number of hydrogen-bond acceptors (Lipinski definition) is 1. The predicted octanol–water partition coefficient (Wildman–Crippen LogP) is 2.58. The van der Waals surface area contributed by atoms with Crippen molar-refractivity contribution in [3.05, 3.63) is 35.9 Å². The van der Waals surface area contributed by atoms with E-state index in [0.29, 0.717) is 6.61 Å². The van der Waals surface area contributed by atoms with Crippen molar-refractivity contribution in [1.29, 1.82) is 0 Å². The van der Waals surface area contributed by atoms with Gasteiger partial charge in [-0.2, -0.15) is 0 Å². The first-order chi connectivity index (χ1) is 7.36. The maximum Gasteiger partial charge on any atom is 0.0764 e. The molecule has 1 saturated carbocycles. The van der Waals surface area contributed by atoms with Crippen molar-refractivity contribution in [3.8, 4) is 0 Å². The molecule has 1 fully saturated rings. The zero-order valence-electron chi connectivity index (χ0n) is 8.93. The highest BCUT2D eigenvalue weighted by atomic mass is 16.5. The Morgan fingerprint density at radius 1 is 1.13 bits per heavy atom. The molecule has 0 bridgehead atoms. The maximum atomic E-state index is 9.72. The SMILES string of the molecule is [N][C@@H]1CCCC[C@@H]1OCc1ccccc1. The monoisotopic (exact) mass is 203 g/mol. The van der Waals surface area contributed by atoms with Crippen molar-refractivity contribution in [2.75, 3.05) is 0 Å². The largest absolute Gasteiger partial charge is 0.372 e. The molecule has 1 aromatic rings. The van der Waals surface area contributed by atoms with Crippen LogP contribution in [0, 0.1) is 0 Å². The first kappa shape index (κ1) is 10.7. The zero-order valence-corrected chi connectivity index (χ0v) is 8.93. The van der Waals surface area contributed by atoms with Gasteiger partial charge in [-0.3, -0.25) is 0 Å². The van der Waals surface area contributed by atoms with Gasteiger partial charge in [-0.15, -0.1) is 5.73 Å². The summed E-state index contributed by atoms with van der Waals surface area (Å²) >= 11 is 0. The molecule has 80 valence electrons. The smallest absolute Gasteiger partial charge is 0.0764 e. The highest BCUT2D eigenvalue weighted by Gasteiger charge is 2.23. The van der Waals surface area contributed by atoms with Crippen LogP contribution in [0.25, 0.3) is 0 Å². The van der Waals surface area contributed by atoms with E-state index in [4.69, 9.17) is 4.74 Å². The highest BCUT2D eigenvalue weighted by Crippen LogP contribution is 2.21. The molecule has 2 rings (SSSR count). The van der Waals surface area contributed by atoms with Gasteiger partial charge < -0.3 is 4.74 Å². The Hall–Kier alpha value is -0.860. The van der Waals surface area contributed by atoms with Crippen LogP contribution in [-0.2, 0) is 11.3 Å². The Morgan fingerprint density at radius 3 is 2.60 bits per heavy atom. The summed E-state index contributed by atoms with van der Waals surface area (Å²) in [4.78, 5) is 0. The Labute approximate surface area is 91.4 Å². The van der Waals surface area contributed by atoms with Crippen molar-refractivity contribution >= 4 is 0 Å². The number of rotatable bonds is 3. The number of nitrogens with zero attached hydrogens (tertiary/aromatic N) is 1. The van der Waals surface area contributed by atoms with Crippen molar-refractivity contribution in [1.82, 2.24) is 5.73 Å². The van der Waals surface area contributed by atoms with E-state index in [-0.39, 0.29) is 12.1 Å². The van der Waals surface area contributed by atoms with Crippen LogP contribution >= 0.6 is 0 Å². The summed E-state index contributed by atoms with van der Waals surface area (Å²) in [6.07, 6.45) is 4.23. The summed E-state index contributed by atoms with van der Waals surface area (Å²) in [7, 11) is 0. The molecule has 0 spiro atoms. The molecular weight excluding hydrogens is 186 g/mol. The van der Waals surface area contributed by atoms with Crippen LogP contribution in [-0.4, -0.2) is 12.1 Å². The molecule has 1 aromatic carbocycles. The molecule has 2 radical (unpaired) electrons. The van der Waals surface area contributed by atoms with E-state index >= 15 is 0 Å². The standard InChI is InChI=1S/C13H17NO/c14-12-8-4-5-9-13(12)15-10-11-6-2-1-3-7-11/h1-3,6-7,12-13H,4-5,8-10H2/t12-,13+/m1/s1. The molecule has 2 atom stereocenters. The second-order valence-electron chi connectivity index (χ2n) is 4.19. The van der Waals surface area contributed by atoms with E-state index in [1.54, 1.807) is 0 Å². The van der Waals surface area contributed by atoms with Gasteiger partial charge in [0.05, 0.1) is 18.8 Å². The quantitative estimate of drug-likeness (QED) is 0.743. The fourth-order valence-electron chi connectivity index (χ4n) is 2.05. The van der Waals surface area contributed by atoms with Crippen LogP contribution in [0.4, 0.5) is 0 Å². The second kappa shape index (κ2) is 5.29. The third-order valence-corrected chi connectivity index (χ3v) is 2.97. The summed E-state index contributed by atoms with van der Waals surface area (Å²) in [5.41, 5.74) is 10.9. The number of hydrogen-bond donors (Lipinski definition) is 0. The highest BCUT2D eigenvalue weighted by molar-refractivity contribution is 5.13. The summed E-state index contributed by atoms with van der Waals surface area (Å²) in [5.74, 6) is 0. The van der Waals surface area contributed by atoms with Gasteiger partial charge in [0.15, 0.2) is 0 Å². The van der Waals surface area contributed by atoms with Crippen LogP contribution in [0.15, 0.2) is 30.3 Å². The van der Waals surface area contributed by atoms with E-state index in [1.165, 1.54) is 12.0 Å². The van der Waals surface area contributed by atoms with Gasteiger partial charge in [-0.05, 0) is 18.4 Å². The minimum absolute atomic E-state index is 0.0407. The van der Waals surface area contributed by atoms with Crippen molar-refractivity contribution in [3.63, 3.8) is 0 Å². The molecule has 0 saturated heterocycles. The Kier molecular flexibility index (Phi) is 3.75. The first-order valence-corrected chi connectivity index (χ1v) is 5.70. The summed E-state index contributed by atoms with van der Waals surface area (Å²) < 4.78 is 5.73. The molecule has 0 N–H and O–H groups in total. The lowest BCUT2D eigenvalue weighted by Gasteiger charge is -2.26. The maximum absolute atomic E-state index is 9.72. The van der Waals surface area contributed by atoms with Crippen molar-refractivity contribution in [2.24, 2.45) is 0 Å². The van der Waals surface area contributed by atoms with E-state index in [1.807, 2.05) is 18.2 Å². The molecule has 0 unspecified atom stereocenters. The third-order valence-electron chi connectivity index (χ3n) is 2.97. The van der Waals surface area contributed by atoms with Crippen molar-refractivity contribution in [2.45, 2.75) is 44.4 Å². The fraction of sp³-hybridized carbons (Fsp3) is 0.538. The van der Waals surface area contributed by atoms with Gasteiger partial charge in [0.2, 0.25) is 0 Å². The minimum atomic E-state index is -0.262. The molecule has 2 nitrogen and oxygen atoms in total. The molecule has 1 aliphatic carbocycles. The second-order valence-corrected chi connectivity index (χ2v) is 4.19. The topological polar surface area (TPSA) is 31.5 Å². The van der Waals surface area contributed by atoms with E-state index in [0.717, 1.165) is 19.3 Å². The molecule has 0 aromatic heterocycles. The van der Waals surface area contributed by atoms with Gasteiger partial charge >= 0.3 is 0 Å². The Morgan fingerprint density at radius 2 is 1.87 bits per heavy atom.